The highest BCUT2D eigenvalue weighted by molar-refractivity contribution is 7.85. The Labute approximate surface area is 269 Å². The summed E-state index contributed by atoms with van der Waals surface area (Å²) in [5, 5.41) is 6.55. The van der Waals surface area contributed by atoms with Gasteiger partial charge in [-0.3, -0.25) is 24.1 Å². The highest BCUT2D eigenvalue weighted by Gasteiger charge is 2.30. The van der Waals surface area contributed by atoms with Crippen LogP contribution in [0.15, 0.2) is 103 Å². The maximum Gasteiger partial charge on any atom is 0.416 e. The van der Waals surface area contributed by atoms with Crippen molar-refractivity contribution in [1.82, 2.24) is 15.3 Å². The van der Waals surface area contributed by atoms with Crippen LogP contribution in [0.3, 0.4) is 0 Å². The lowest BCUT2D eigenvalue weighted by Gasteiger charge is -2.16. The van der Waals surface area contributed by atoms with E-state index in [4.69, 9.17) is 4.55 Å². The van der Waals surface area contributed by atoms with Crippen LogP contribution in [-0.2, 0) is 16.3 Å². The number of nitrogens with one attached hydrogen (secondary N) is 2. The van der Waals surface area contributed by atoms with E-state index in [2.05, 4.69) is 20.6 Å². The van der Waals surface area contributed by atoms with Crippen molar-refractivity contribution >= 4 is 38.5 Å². The number of pyridine rings is 2. The van der Waals surface area contributed by atoms with Gasteiger partial charge < -0.3 is 10.6 Å². The van der Waals surface area contributed by atoms with Crippen LogP contribution in [0.5, 0.6) is 0 Å². The first-order valence-electron chi connectivity index (χ1n) is 14.4. The van der Waals surface area contributed by atoms with E-state index in [0.717, 1.165) is 17.8 Å². The second-order valence-corrected chi connectivity index (χ2v) is 12.0. The Balaban J connectivity index is 0.000000762. The summed E-state index contributed by atoms with van der Waals surface area (Å²) in [4.78, 5) is 34.9. The minimum Gasteiger partial charge on any atom is -0.344 e. The van der Waals surface area contributed by atoms with Crippen LogP contribution in [0.25, 0.3) is 22.0 Å². The van der Waals surface area contributed by atoms with Crippen LogP contribution in [0.1, 0.15) is 58.3 Å². The van der Waals surface area contributed by atoms with Gasteiger partial charge in [0.2, 0.25) is 0 Å². The van der Waals surface area contributed by atoms with Crippen molar-refractivity contribution in [2.45, 2.75) is 32.5 Å². The lowest BCUT2D eigenvalue weighted by Crippen LogP contribution is -2.28. The molecule has 0 saturated carbocycles. The fourth-order valence-electron chi connectivity index (χ4n) is 4.50. The van der Waals surface area contributed by atoms with Crippen LogP contribution in [0.4, 0.5) is 18.9 Å². The zero-order valence-electron chi connectivity index (χ0n) is 25.3. The molecule has 244 valence electrons. The number of halogens is 3. The quantitative estimate of drug-likeness (QED) is 0.148. The number of amides is 2. The van der Waals surface area contributed by atoms with Gasteiger partial charge in [0.05, 0.1) is 34.1 Å². The summed E-state index contributed by atoms with van der Waals surface area (Å²) in [6.07, 6.45) is -0.601. The van der Waals surface area contributed by atoms with Crippen molar-refractivity contribution in [2.75, 3.05) is 11.1 Å². The summed E-state index contributed by atoms with van der Waals surface area (Å²) in [6, 6.07) is 23.6. The number of alkyl halides is 3. The molecule has 9 nitrogen and oxygen atoms in total. The highest BCUT2D eigenvalue weighted by atomic mass is 32.2. The summed E-state index contributed by atoms with van der Waals surface area (Å²) in [6.45, 7) is 3.34. The first-order chi connectivity index (χ1) is 22.3. The second-order valence-electron chi connectivity index (χ2n) is 10.3. The molecule has 0 aliphatic heterocycles. The minimum absolute atomic E-state index is 0.201. The van der Waals surface area contributed by atoms with Gasteiger partial charge in [-0.15, -0.1) is 0 Å². The molecule has 3 N–H and O–H groups in total. The Morgan fingerprint density at radius 2 is 1.55 bits per heavy atom. The number of hydrogen-bond acceptors (Lipinski definition) is 6. The number of nitrogens with zero attached hydrogens (tertiary/aromatic N) is 2. The molecule has 0 aliphatic rings. The number of fused-ring (bicyclic) bond motifs is 1. The molecule has 0 spiro atoms. The minimum atomic E-state index is -4.44. The van der Waals surface area contributed by atoms with E-state index in [0.29, 0.717) is 45.3 Å². The SMILES string of the molecule is CCC(NC(=O)c1cnc2cc(NC(=O)c3ccccc3-c3ccc(C(F)(F)F)cc3)ccc2c1)c1ccccn1.CCS(=O)(=O)O. The average molecular weight is 665 g/mol. The topological polar surface area (TPSA) is 138 Å². The number of rotatable bonds is 8. The normalized spacial score (nSPS) is 12.0. The molecule has 1 unspecified atom stereocenters. The fraction of sp³-hybridized carbons (Fsp3) is 0.176. The van der Waals surface area contributed by atoms with Gasteiger partial charge in [0.15, 0.2) is 0 Å². The third kappa shape index (κ3) is 9.44. The molecule has 0 bridgehead atoms. The number of carbonyl (C=O) groups excluding carboxylic acids is 2. The Hall–Kier alpha value is -5.14. The molecule has 0 radical (unpaired) electrons. The zero-order chi connectivity index (χ0) is 34.2. The summed E-state index contributed by atoms with van der Waals surface area (Å²) in [7, 11) is -3.66. The molecule has 5 aromatic rings. The van der Waals surface area contributed by atoms with E-state index in [1.54, 1.807) is 54.7 Å². The third-order valence-corrected chi connectivity index (χ3v) is 7.75. The lowest BCUT2D eigenvalue weighted by atomic mass is 9.98. The molecule has 0 saturated heterocycles. The third-order valence-electron chi connectivity index (χ3n) is 7.02. The molecule has 47 heavy (non-hydrogen) atoms. The molecule has 2 heterocycles. The maximum absolute atomic E-state index is 13.2. The molecule has 3 aromatic carbocycles. The monoisotopic (exact) mass is 664 g/mol. The average Bonchev–Trinajstić information content (AvgIpc) is 3.06. The molecular weight excluding hydrogens is 633 g/mol. The molecule has 13 heteroatoms. The Morgan fingerprint density at radius 1 is 0.872 bits per heavy atom. The van der Waals surface area contributed by atoms with Crippen LogP contribution < -0.4 is 10.6 Å². The molecule has 0 fully saturated rings. The van der Waals surface area contributed by atoms with E-state index in [1.165, 1.54) is 25.3 Å². The Morgan fingerprint density at radius 3 is 2.17 bits per heavy atom. The molecular formula is C34H31F3N4O5S. The lowest BCUT2D eigenvalue weighted by molar-refractivity contribution is -0.137. The summed E-state index contributed by atoms with van der Waals surface area (Å²) in [5.74, 6) is -0.891. The van der Waals surface area contributed by atoms with E-state index in [9.17, 15) is 31.2 Å². The molecule has 1 atom stereocenters. The van der Waals surface area contributed by atoms with Crippen LogP contribution >= 0.6 is 0 Å². The number of benzene rings is 3. The van der Waals surface area contributed by atoms with Crippen molar-refractivity contribution in [1.29, 1.82) is 0 Å². The van der Waals surface area contributed by atoms with E-state index < -0.39 is 27.8 Å². The van der Waals surface area contributed by atoms with Gasteiger partial charge >= 0.3 is 6.18 Å². The van der Waals surface area contributed by atoms with Gasteiger partial charge in [-0.05, 0) is 73.0 Å². The van der Waals surface area contributed by atoms with Crippen molar-refractivity contribution in [2.24, 2.45) is 0 Å². The van der Waals surface area contributed by atoms with E-state index in [-0.39, 0.29) is 17.7 Å². The molecule has 0 aliphatic carbocycles. The van der Waals surface area contributed by atoms with Crippen molar-refractivity contribution in [3.05, 3.63) is 126 Å². The summed E-state index contributed by atoms with van der Waals surface area (Å²) >= 11 is 0. The van der Waals surface area contributed by atoms with Crippen LogP contribution in [0.2, 0.25) is 0 Å². The first kappa shape index (κ1) is 34.7. The standard InChI is InChI=1S/C32H25F3N4O2.C2H6O3S/c1-2-27(28-9-5-6-16-36-28)39-30(40)22-17-21-12-15-24(18-29(21)37-19-22)38-31(41)26-8-4-3-7-25(26)20-10-13-23(14-11-20)32(33,34)35;1-2-6(3,4)5/h3-19,27H,2H2,1H3,(H,38,41)(H,39,40);2H2,1H3,(H,3,4,5). The van der Waals surface area contributed by atoms with E-state index in [1.807, 2.05) is 25.1 Å². The zero-order valence-corrected chi connectivity index (χ0v) is 26.1. The summed E-state index contributed by atoms with van der Waals surface area (Å²) in [5.41, 5.74) is 2.78. The Kier molecular flexibility index (Phi) is 11.1. The van der Waals surface area contributed by atoms with Gasteiger partial charge in [0.25, 0.3) is 21.9 Å². The van der Waals surface area contributed by atoms with Gasteiger partial charge in [-0.1, -0.05) is 49.4 Å². The number of carbonyl (C=O) groups is 2. The highest BCUT2D eigenvalue weighted by Crippen LogP contribution is 2.32. The predicted octanol–water partition coefficient (Wildman–Crippen LogP) is 7.34. The van der Waals surface area contributed by atoms with Crippen molar-refractivity contribution in [3.63, 3.8) is 0 Å². The number of aromatic nitrogens is 2. The Bertz CT molecular complexity index is 1970. The summed E-state index contributed by atoms with van der Waals surface area (Å²) < 4.78 is 65.9. The van der Waals surface area contributed by atoms with Gasteiger partial charge in [0.1, 0.15) is 0 Å². The smallest absolute Gasteiger partial charge is 0.344 e. The number of anilines is 1. The van der Waals surface area contributed by atoms with Crippen LogP contribution in [0, 0.1) is 0 Å². The van der Waals surface area contributed by atoms with Gasteiger partial charge in [-0.2, -0.15) is 21.6 Å². The molecule has 5 rings (SSSR count). The van der Waals surface area contributed by atoms with Gasteiger partial charge in [0, 0.05) is 29.0 Å². The predicted molar refractivity (Wildman–Crippen MR) is 173 cm³/mol. The van der Waals surface area contributed by atoms with Gasteiger partial charge in [-0.25, -0.2) is 0 Å². The maximum atomic E-state index is 13.2. The van der Waals surface area contributed by atoms with Crippen molar-refractivity contribution < 1.29 is 35.7 Å². The first-order valence-corrected chi connectivity index (χ1v) is 16.0. The van der Waals surface area contributed by atoms with Crippen LogP contribution in [-0.4, -0.2) is 40.5 Å². The largest absolute Gasteiger partial charge is 0.416 e. The van der Waals surface area contributed by atoms with Crippen molar-refractivity contribution in [3.8, 4) is 11.1 Å². The molecule has 2 amide bonds. The van der Waals surface area contributed by atoms with E-state index >= 15 is 0 Å². The fourth-order valence-corrected chi connectivity index (χ4v) is 4.50. The number of hydrogen-bond donors (Lipinski definition) is 3. The second kappa shape index (κ2) is 15.0. The molecule has 2 aromatic heterocycles.